The van der Waals surface area contributed by atoms with Gasteiger partial charge in [-0.3, -0.25) is 9.89 Å². The highest BCUT2D eigenvalue weighted by Gasteiger charge is 2.16. The van der Waals surface area contributed by atoms with Crippen molar-refractivity contribution in [1.29, 1.82) is 0 Å². The van der Waals surface area contributed by atoms with Crippen LogP contribution in [0.15, 0.2) is 34.6 Å². The van der Waals surface area contributed by atoms with Gasteiger partial charge in [0.15, 0.2) is 17.5 Å². The lowest BCUT2D eigenvalue weighted by atomic mass is 10.1. The predicted molar refractivity (Wildman–Crippen MR) is 121 cm³/mol. The van der Waals surface area contributed by atoms with Crippen LogP contribution in [0.2, 0.25) is 0 Å². The zero-order valence-corrected chi connectivity index (χ0v) is 18.3. The summed E-state index contributed by atoms with van der Waals surface area (Å²) in [7, 11) is 0. The fraction of sp³-hybridized carbons (Fsp3) is 0.421. The zero-order chi connectivity index (χ0) is 17.8. The van der Waals surface area contributed by atoms with Crippen LogP contribution in [0.4, 0.5) is 5.69 Å². The third-order valence-electron chi connectivity index (χ3n) is 4.61. The molecule has 1 aromatic heterocycles. The Hall–Kier alpha value is -1.52. The largest absolute Gasteiger partial charge is 0.490 e. The maximum absolute atomic E-state index is 6.04. The summed E-state index contributed by atoms with van der Waals surface area (Å²) >= 11 is 1.87. The van der Waals surface area contributed by atoms with Gasteiger partial charge >= 0.3 is 0 Å². The number of rotatable bonds is 4. The first-order valence-corrected chi connectivity index (χ1v) is 9.90. The monoisotopic (exact) mass is 500 g/mol. The summed E-state index contributed by atoms with van der Waals surface area (Å²) in [6, 6.07) is 7.97. The molecule has 0 spiro atoms. The van der Waals surface area contributed by atoms with E-state index in [9.17, 15) is 0 Å². The van der Waals surface area contributed by atoms with Crippen molar-refractivity contribution < 1.29 is 9.47 Å². The summed E-state index contributed by atoms with van der Waals surface area (Å²) < 4.78 is 11.3. The van der Waals surface area contributed by atoms with E-state index in [-0.39, 0.29) is 24.0 Å². The predicted octanol–water partition coefficient (Wildman–Crippen LogP) is 3.31. The van der Waals surface area contributed by atoms with Crippen molar-refractivity contribution in [3.63, 3.8) is 0 Å². The smallest absolute Gasteiger partial charge is 0.193 e. The molecule has 0 unspecified atom stereocenters. The molecule has 0 fully saturated rings. The minimum absolute atomic E-state index is 0. The molecule has 0 saturated carbocycles. The van der Waals surface area contributed by atoms with Gasteiger partial charge in [-0.2, -0.15) is 0 Å². The molecular formula is C19H25IN4O2S. The Morgan fingerprint density at radius 1 is 1.22 bits per heavy atom. The van der Waals surface area contributed by atoms with Crippen molar-refractivity contribution in [2.75, 3.05) is 38.2 Å². The molecule has 3 heterocycles. The summed E-state index contributed by atoms with van der Waals surface area (Å²) in [5, 5.41) is 5.32. The van der Waals surface area contributed by atoms with Crippen molar-refractivity contribution in [2.24, 2.45) is 10.7 Å². The van der Waals surface area contributed by atoms with Crippen LogP contribution in [0.1, 0.15) is 16.9 Å². The van der Waals surface area contributed by atoms with Crippen LogP contribution in [-0.2, 0) is 13.0 Å². The van der Waals surface area contributed by atoms with E-state index in [1.165, 1.54) is 10.4 Å². The van der Waals surface area contributed by atoms with Gasteiger partial charge in [-0.15, -0.1) is 35.3 Å². The molecule has 27 heavy (non-hydrogen) atoms. The minimum atomic E-state index is 0. The van der Waals surface area contributed by atoms with Gasteiger partial charge in [-0.25, -0.2) is 0 Å². The van der Waals surface area contributed by atoms with E-state index in [4.69, 9.17) is 15.2 Å². The molecule has 2 aliphatic heterocycles. The molecule has 6 nitrogen and oxygen atoms in total. The summed E-state index contributed by atoms with van der Waals surface area (Å²) in [4.78, 5) is 8.42. The van der Waals surface area contributed by atoms with Gasteiger partial charge in [-0.1, -0.05) is 0 Å². The Balaban J connectivity index is 0.00000210. The van der Waals surface area contributed by atoms with E-state index in [0.29, 0.717) is 25.7 Å². The minimum Gasteiger partial charge on any atom is -0.490 e. The van der Waals surface area contributed by atoms with Crippen molar-refractivity contribution >= 4 is 47.0 Å². The van der Waals surface area contributed by atoms with Crippen molar-refractivity contribution in [3.8, 4) is 11.5 Å². The lowest BCUT2D eigenvalue weighted by molar-refractivity contribution is 0.264. The van der Waals surface area contributed by atoms with E-state index < -0.39 is 0 Å². The molecule has 0 aliphatic carbocycles. The fourth-order valence-electron chi connectivity index (χ4n) is 3.24. The summed E-state index contributed by atoms with van der Waals surface area (Å²) in [5.41, 5.74) is 8.36. The van der Waals surface area contributed by atoms with Crippen molar-refractivity contribution in [2.45, 2.75) is 19.4 Å². The van der Waals surface area contributed by atoms with E-state index in [0.717, 1.165) is 49.7 Å². The summed E-state index contributed by atoms with van der Waals surface area (Å²) in [5.74, 6) is 1.95. The fourth-order valence-corrected chi connectivity index (χ4v) is 4.13. The van der Waals surface area contributed by atoms with E-state index >= 15 is 0 Å². The van der Waals surface area contributed by atoms with Gasteiger partial charge in [0.2, 0.25) is 0 Å². The highest BCUT2D eigenvalue weighted by molar-refractivity contribution is 14.0. The van der Waals surface area contributed by atoms with Gasteiger partial charge in [-0.05, 0) is 35.6 Å². The molecule has 0 radical (unpaired) electrons. The number of nitrogens with two attached hydrogens (primary N) is 1. The zero-order valence-electron chi connectivity index (χ0n) is 15.1. The first-order valence-electron chi connectivity index (χ1n) is 9.02. The number of guanidine groups is 1. The maximum atomic E-state index is 6.04. The SMILES string of the molecule is I.NC(=NCCN1CCc2sccc2C1)Nc1ccc2c(c1)OCCCO2. The first kappa shape index (κ1) is 20.2. The molecule has 4 rings (SSSR count). The van der Waals surface area contributed by atoms with Gasteiger partial charge in [0, 0.05) is 42.7 Å². The van der Waals surface area contributed by atoms with Crippen LogP contribution < -0.4 is 20.5 Å². The van der Waals surface area contributed by atoms with E-state index in [1.807, 2.05) is 29.5 Å². The number of hydrogen-bond acceptors (Lipinski definition) is 5. The number of hydrogen-bond donors (Lipinski definition) is 2. The Morgan fingerprint density at radius 2 is 2.07 bits per heavy atom. The second kappa shape index (κ2) is 9.61. The highest BCUT2D eigenvalue weighted by atomic mass is 127. The van der Waals surface area contributed by atoms with Crippen LogP contribution in [0.3, 0.4) is 0 Å². The molecule has 1 aromatic carbocycles. The molecule has 0 saturated heterocycles. The van der Waals surface area contributed by atoms with Gasteiger partial charge in [0.05, 0.1) is 19.8 Å². The van der Waals surface area contributed by atoms with Gasteiger partial charge < -0.3 is 20.5 Å². The van der Waals surface area contributed by atoms with E-state index in [2.05, 4.69) is 26.7 Å². The quantitative estimate of drug-likeness (QED) is 0.383. The highest BCUT2D eigenvalue weighted by Crippen LogP contribution is 2.32. The summed E-state index contributed by atoms with van der Waals surface area (Å²) in [6.45, 7) is 5.07. The Kier molecular flexibility index (Phi) is 7.20. The van der Waals surface area contributed by atoms with Crippen molar-refractivity contribution in [1.82, 2.24) is 4.90 Å². The Morgan fingerprint density at radius 3 is 2.96 bits per heavy atom. The summed E-state index contributed by atoms with van der Waals surface area (Å²) in [6.07, 6.45) is 2.03. The van der Waals surface area contributed by atoms with Crippen LogP contribution in [0.25, 0.3) is 0 Å². The van der Waals surface area contributed by atoms with Gasteiger partial charge in [0.25, 0.3) is 0 Å². The van der Waals surface area contributed by atoms with Crippen LogP contribution >= 0.6 is 35.3 Å². The number of nitrogens with zero attached hydrogens (tertiary/aromatic N) is 2. The molecule has 8 heteroatoms. The number of anilines is 1. The average molecular weight is 500 g/mol. The van der Waals surface area contributed by atoms with Crippen LogP contribution in [0, 0.1) is 0 Å². The Bertz CT molecular complexity index is 796. The second-order valence-corrected chi connectivity index (χ2v) is 7.50. The first-order chi connectivity index (χ1) is 12.8. The van der Waals surface area contributed by atoms with Gasteiger partial charge in [0.1, 0.15) is 0 Å². The lowest BCUT2D eigenvalue weighted by Crippen LogP contribution is -2.32. The number of nitrogens with one attached hydrogen (secondary N) is 1. The molecule has 0 atom stereocenters. The molecule has 2 aliphatic rings. The number of halogens is 1. The molecule has 0 amide bonds. The third-order valence-corrected chi connectivity index (χ3v) is 5.63. The van der Waals surface area contributed by atoms with Crippen LogP contribution in [-0.4, -0.2) is 43.7 Å². The standard InChI is InChI=1S/C19H24N4O2S.HI/c20-19(21-6-8-23-7-4-18-14(13-23)5-11-26-18)22-15-2-3-16-17(12-15)25-10-1-9-24-16;/h2-3,5,11-12H,1,4,6-10,13H2,(H3,20,21,22);1H. The molecule has 146 valence electrons. The second-order valence-electron chi connectivity index (χ2n) is 6.50. The number of fused-ring (bicyclic) bond motifs is 2. The number of benzene rings is 1. The van der Waals surface area contributed by atoms with Crippen molar-refractivity contribution in [3.05, 3.63) is 40.1 Å². The third kappa shape index (κ3) is 5.26. The normalized spacial score (nSPS) is 16.8. The Labute approximate surface area is 180 Å². The molecule has 0 bridgehead atoms. The molecule has 3 N–H and O–H groups in total. The number of ether oxygens (including phenoxy) is 2. The maximum Gasteiger partial charge on any atom is 0.193 e. The molecular weight excluding hydrogens is 475 g/mol. The topological polar surface area (TPSA) is 72.1 Å². The average Bonchev–Trinajstić information content (AvgIpc) is 2.98. The van der Waals surface area contributed by atoms with E-state index in [1.54, 1.807) is 0 Å². The number of thiophene rings is 1. The lowest BCUT2D eigenvalue weighted by Gasteiger charge is -2.26. The van der Waals surface area contributed by atoms with Crippen LogP contribution in [0.5, 0.6) is 11.5 Å². The molecule has 2 aromatic rings. The number of aliphatic imine (C=N–C) groups is 1.